The van der Waals surface area contributed by atoms with Gasteiger partial charge in [-0.1, -0.05) is 48.0 Å². The Morgan fingerprint density at radius 2 is 1.32 bits per heavy atom. The monoisotopic (exact) mass is 478 g/mol. The molecule has 0 N–H and O–H groups in total. The van der Waals surface area contributed by atoms with Crippen LogP contribution in [0.25, 0.3) is 22.3 Å². The predicted octanol–water partition coefficient (Wildman–Crippen LogP) is 7.31. The van der Waals surface area contributed by atoms with E-state index in [1.165, 1.54) is 12.1 Å². The molecule has 1 unspecified atom stereocenters. The van der Waals surface area contributed by atoms with Crippen LogP contribution in [0.3, 0.4) is 0 Å². The molecule has 3 nitrogen and oxygen atoms in total. The molecule has 34 heavy (non-hydrogen) atoms. The van der Waals surface area contributed by atoms with Crippen LogP contribution in [0.1, 0.15) is 5.56 Å². The minimum atomic E-state index is -0.490. The lowest BCUT2D eigenvalue weighted by Gasteiger charge is -2.10. The van der Waals surface area contributed by atoms with E-state index in [4.69, 9.17) is 25.8 Å². The highest BCUT2D eigenvalue weighted by molar-refractivity contribution is 6.30. The molecule has 1 heterocycles. The molecule has 0 bridgehead atoms. The fourth-order valence-electron chi connectivity index (χ4n) is 3.57. The van der Waals surface area contributed by atoms with Gasteiger partial charge in [0.2, 0.25) is 0 Å². The average molecular weight is 479 g/mol. The van der Waals surface area contributed by atoms with Gasteiger partial charge >= 0.3 is 0 Å². The molecule has 4 aromatic rings. The summed E-state index contributed by atoms with van der Waals surface area (Å²) in [4.78, 5) is 0. The first-order valence-corrected chi connectivity index (χ1v) is 11.2. The third-order valence-corrected chi connectivity index (χ3v) is 5.78. The molecule has 6 heteroatoms. The van der Waals surface area contributed by atoms with Crippen molar-refractivity contribution in [2.24, 2.45) is 0 Å². The van der Waals surface area contributed by atoms with Crippen molar-refractivity contribution in [3.8, 4) is 33.8 Å². The zero-order chi connectivity index (χ0) is 23.5. The van der Waals surface area contributed by atoms with Gasteiger partial charge in [0.1, 0.15) is 42.5 Å². The van der Waals surface area contributed by atoms with Gasteiger partial charge in [0.05, 0.1) is 6.61 Å². The minimum Gasteiger partial charge on any atom is -0.491 e. The first kappa shape index (κ1) is 22.4. The summed E-state index contributed by atoms with van der Waals surface area (Å²) in [5, 5.41) is 0.297. The van der Waals surface area contributed by atoms with Crippen LogP contribution in [0.2, 0.25) is 5.02 Å². The molecule has 1 aliphatic rings. The molecule has 1 aliphatic heterocycles. The van der Waals surface area contributed by atoms with E-state index in [2.05, 4.69) is 0 Å². The van der Waals surface area contributed by atoms with Gasteiger partial charge in [-0.25, -0.2) is 8.78 Å². The Labute approximate surface area is 201 Å². The lowest BCUT2D eigenvalue weighted by Crippen LogP contribution is -2.04. The van der Waals surface area contributed by atoms with E-state index in [-0.39, 0.29) is 6.10 Å². The van der Waals surface area contributed by atoms with Crippen molar-refractivity contribution < 1.29 is 23.0 Å². The molecule has 1 atom stereocenters. The van der Waals surface area contributed by atoms with Gasteiger partial charge in [-0.15, -0.1) is 0 Å². The summed E-state index contributed by atoms with van der Waals surface area (Å²) in [6.45, 7) is 1.75. The Bertz CT molecular complexity index is 1290. The molecule has 4 aromatic carbocycles. The fourth-order valence-corrected chi connectivity index (χ4v) is 3.73. The summed E-state index contributed by atoms with van der Waals surface area (Å²) < 4.78 is 45.6. The SMILES string of the molecule is Fc1cc(Cl)ccc1-c1ccc(-c2ccc(OCc3ccc(OCC4CO4)cc3)cc2)c(F)c1. The van der Waals surface area contributed by atoms with Crippen LogP contribution in [-0.4, -0.2) is 19.3 Å². The van der Waals surface area contributed by atoms with Crippen molar-refractivity contribution in [1.29, 1.82) is 0 Å². The molecule has 0 aliphatic carbocycles. The maximum absolute atomic E-state index is 14.8. The molecule has 0 spiro atoms. The summed E-state index contributed by atoms with van der Waals surface area (Å²) in [5.74, 6) is 0.554. The zero-order valence-corrected chi connectivity index (χ0v) is 18.9. The van der Waals surface area contributed by atoms with Crippen LogP contribution in [0, 0.1) is 11.6 Å². The Morgan fingerprint density at radius 1 is 0.735 bits per heavy atom. The smallest absolute Gasteiger partial charge is 0.132 e. The van der Waals surface area contributed by atoms with Gasteiger partial charge in [0.25, 0.3) is 0 Å². The molecule has 1 saturated heterocycles. The van der Waals surface area contributed by atoms with E-state index in [9.17, 15) is 8.78 Å². The van der Waals surface area contributed by atoms with Crippen molar-refractivity contribution in [2.75, 3.05) is 13.2 Å². The van der Waals surface area contributed by atoms with Crippen molar-refractivity contribution in [1.82, 2.24) is 0 Å². The first-order valence-electron chi connectivity index (χ1n) is 10.9. The third kappa shape index (κ3) is 5.38. The largest absolute Gasteiger partial charge is 0.491 e. The Kier molecular flexibility index (Phi) is 6.48. The molecule has 0 aromatic heterocycles. The second-order valence-corrected chi connectivity index (χ2v) is 8.48. The van der Waals surface area contributed by atoms with Gasteiger partial charge in [0.15, 0.2) is 0 Å². The van der Waals surface area contributed by atoms with Crippen molar-refractivity contribution in [3.05, 3.63) is 107 Å². The first-order chi connectivity index (χ1) is 16.5. The topological polar surface area (TPSA) is 31.0 Å². The predicted molar refractivity (Wildman–Crippen MR) is 128 cm³/mol. The Morgan fingerprint density at radius 3 is 2.00 bits per heavy atom. The van der Waals surface area contributed by atoms with Gasteiger partial charge in [0, 0.05) is 16.1 Å². The number of benzene rings is 4. The van der Waals surface area contributed by atoms with Crippen LogP contribution in [0.4, 0.5) is 8.78 Å². The standard InChI is InChI=1S/C28H21ClF2O3/c29-21-6-12-26(28(31)14-21)20-5-11-25(27(30)13-20)19-3-9-23(10-4-19)32-15-18-1-7-22(8-2-18)33-16-24-17-34-24/h1-14,24H,15-17H2. The van der Waals surface area contributed by atoms with E-state index >= 15 is 0 Å². The van der Waals surface area contributed by atoms with Gasteiger partial charge < -0.3 is 14.2 Å². The second kappa shape index (κ2) is 9.84. The van der Waals surface area contributed by atoms with E-state index in [1.54, 1.807) is 48.5 Å². The molecule has 0 amide bonds. The van der Waals surface area contributed by atoms with E-state index in [1.807, 2.05) is 24.3 Å². The lowest BCUT2D eigenvalue weighted by molar-refractivity contribution is 0.262. The van der Waals surface area contributed by atoms with Crippen LogP contribution in [0.5, 0.6) is 11.5 Å². The molecule has 0 saturated carbocycles. The summed E-state index contributed by atoms with van der Waals surface area (Å²) in [5.41, 5.74) is 2.89. The van der Waals surface area contributed by atoms with Gasteiger partial charge in [-0.2, -0.15) is 0 Å². The zero-order valence-electron chi connectivity index (χ0n) is 18.1. The summed E-state index contributed by atoms with van der Waals surface area (Å²) in [6.07, 6.45) is 0.226. The van der Waals surface area contributed by atoms with Gasteiger partial charge in [-0.05, 0) is 65.2 Å². The molecule has 1 fully saturated rings. The van der Waals surface area contributed by atoms with Crippen LogP contribution in [-0.2, 0) is 11.3 Å². The van der Waals surface area contributed by atoms with Gasteiger partial charge in [-0.3, -0.25) is 0 Å². The highest BCUT2D eigenvalue weighted by atomic mass is 35.5. The maximum atomic E-state index is 14.8. The molecule has 5 rings (SSSR count). The normalized spacial score (nSPS) is 14.6. The highest BCUT2D eigenvalue weighted by Gasteiger charge is 2.23. The van der Waals surface area contributed by atoms with Crippen LogP contribution in [0.15, 0.2) is 84.9 Å². The number of ether oxygens (including phenoxy) is 3. The number of rotatable bonds is 8. The third-order valence-electron chi connectivity index (χ3n) is 5.54. The number of hydrogen-bond donors (Lipinski definition) is 0. The molecular formula is C28H21ClF2O3. The maximum Gasteiger partial charge on any atom is 0.132 e. The van der Waals surface area contributed by atoms with E-state index < -0.39 is 11.6 Å². The quantitative estimate of drug-likeness (QED) is 0.249. The average Bonchev–Trinajstić information content (AvgIpc) is 3.67. The molecule has 0 radical (unpaired) electrons. The summed E-state index contributed by atoms with van der Waals surface area (Å²) in [6, 6.07) is 23.9. The van der Waals surface area contributed by atoms with Crippen molar-refractivity contribution in [2.45, 2.75) is 12.7 Å². The molecular weight excluding hydrogens is 458 g/mol. The van der Waals surface area contributed by atoms with E-state index in [0.717, 1.165) is 17.9 Å². The minimum absolute atomic E-state index is 0.226. The Balaban J connectivity index is 1.22. The number of hydrogen-bond acceptors (Lipinski definition) is 3. The van der Waals surface area contributed by atoms with Crippen molar-refractivity contribution in [3.63, 3.8) is 0 Å². The van der Waals surface area contributed by atoms with Crippen LogP contribution >= 0.6 is 11.6 Å². The Hall–Kier alpha value is -3.41. The number of halogens is 3. The number of epoxide rings is 1. The highest BCUT2D eigenvalue weighted by Crippen LogP contribution is 2.31. The van der Waals surface area contributed by atoms with E-state index in [0.29, 0.717) is 46.2 Å². The van der Waals surface area contributed by atoms with Crippen molar-refractivity contribution >= 4 is 11.6 Å². The lowest BCUT2D eigenvalue weighted by atomic mass is 9.99. The molecule has 172 valence electrons. The summed E-state index contributed by atoms with van der Waals surface area (Å²) in [7, 11) is 0. The second-order valence-electron chi connectivity index (χ2n) is 8.04. The summed E-state index contributed by atoms with van der Waals surface area (Å²) >= 11 is 5.81. The van der Waals surface area contributed by atoms with Crippen LogP contribution < -0.4 is 9.47 Å². The fraction of sp³-hybridized carbons (Fsp3) is 0.143.